The van der Waals surface area contributed by atoms with Crippen molar-refractivity contribution in [2.75, 3.05) is 0 Å². The van der Waals surface area contributed by atoms with Crippen LogP contribution in [0.25, 0.3) is 105 Å². The first kappa shape index (κ1) is 38.4. The zero-order valence-corrected chi connectivity index (χ0v) is 38.0. The molecule has 1 aliphatic carbocycles. The summed E-state index contributed by atoms with van der Waals surface area (Å²) in [5.74, 6) is 2.49. The number of aromatic nitrogens is 6. The van der Waals surface area contributed by atoms with Gasteiger partial charge in [-0.2, -0.15) is 0 Å². The Balaban J connectivity index is 0.854. The minimum Gasteiger partial charge on any atom is -0.457 e. The standard InChI is InChI=1S/C64H38N6O/c1-6-20-53-43(13-1)44-14-2-7-21-54(44)68(53)41-27-30-50-60(37-41)71-59-36-40(25-29-49(59)64(50)51-18-11-33-65-62(51)63-52(64)19-12-34-66-63)39-26-31-58-48(35-39)47-17-5-8-22-55(47)69(58)42-28-32-61(67-38-42)70-56-23-9-3-15-45(56)46-16-4-10-24-57(46)70/h1-38H. The molecule has 0 atom stereocenters. The number of para-hydroxylation sites is 5. The molecular formula is C64H38N6O. The number of benzene rings is 8. The molecule has 7 heteroatoms. The highest BCUT2D eigenvalue weighted by molar-refractivity contribution is 6.12. The lowest BCUT2D eigenvalue weighted by molar-refractivity contribution is 0.436. The predicted molar refractivity (Wildman–Crippen MR) is 286 cm³/mol. The summed E-state index contributed by atoms with van der Waals surface area (Å²) in [5, 5.41) is 7.21. The Labute approximate surface area is 406 Å². The van der Waals surface area contributed by atoms with Crippen molar-refractivity contribution in [3.63, 3.8) is 0 Å². The monoisotopic (exact) mass is 906 g/mol. The van der Waals surface area contributed by atoms with Crippen LogP contribution in [0.1, 0.15) is 22.3 Å². The van der Waals surface area contributed by atoms with Crippen LogP contribution >= 0.6 is 0 Å². The summed E-state index contributed by atoms with van der Waals surface area (Å²) in [5.41, 5.74) is 16.4. The molecule has 14 aromatic rings. The molecule has 2 aliphatic rings. The zero-order valence-electron chi connectivity index (χ0n) is 38.0. The van der Waals surface area contributed by atoms with Gasteiger partial charge < -0.3 is 13.9 Å². The molecule has 6 aromatic heterocycles. The molecule has 7 heterocycles. The fraction of sp³-hybridized carbons (Fsp3) is 0.0156. The number of hydrogen-bond donors (Lipinski definition) is 0. The topological polar surface area (TPSA) is 62.7 Å². The number of fused-ring (bicyclic) bond motifs is 18. The van der Waals surface area contributed by atoms with Gasteiger partial charge in [0.1, 0.15) is 17.3 Å². The van der Waals surface area contributed by atoms with Crippen LogP contribution in [-0.2, 0) is 5.41 Å². The van der Waals surface area contributed by atoms with E-state index in [1.54, 1.807) is 0 Å². The maximum absolute atomic E-state index is 7.26. The Morgan fingerprint density at radius 2 is 0.775 bits per heavy atom. The van der Waals surface area contributed by atoms with Gasteiger partial charge in [0, 0.05) is 67.6 Å². The van der Waals surface area contributed by atoms with Crippen LogP contribution in [0.4, 0.5) is 0 Å². The number of rotatable bonds is 4. The molecule has 1 spiro atoms. The molecule has 0 saturated heterocycles. The smallest absolute Gasteiger partial charge is 0.137 e. The van der Waals surface area contributed by atoms with Gasteiger partial charge in [0.15, 0.2) is 0 Å². The molecule has 0 N–H and O–H groups in total. The first-order chi connectivity index (χ1) is 35.2. The second-order valence-electron chi connectivity index (χ2n) is 18.7. The minimum absolute atomic E-state index is 0.712. The molecule has 0 unspecified atom stereocenters. The largest absolute Gasteiger partial charge is 0.457 e. The van der Waals surface area contributed by atoms with Gasteiger partial charge in [0.25, 0.3) is 0 Å². The summed E-state index contributed by atoms with van der Waals surface area (Å²) >= 11 is 0. The van der Waals surface area contributed by atoms with Gasteiger partial charge >= 0.3 is 0 Å². The lowest BCUT2D eigenvalue weighted by Crippen LogP contribution is -2.32. The highest BCUT2D eigenvalue weighted by Gasteiger charge is 2.52. The summed E-state index contributed by atoms with van der Waals surface area (Å²) < 4.78 is 14.2. The second kappa shape index (κ2) is 14.2. The van der Waals surface area contributed by atoms with Gasteiger partial charge in [-0.3, -0.25) is 14.5 Å². The molecular weight excluding hydrogens is 869 g/mol. The number of pyridine rings is 3. The highest BCUT2D eigenvalue weighted by Crippen LogP contribution is 2.62. The molecule has 0 fully saturated rings. The first-order valence-corrected chi connectivity index (χ1v) is 24.1. The van der Waals surface area contributed by atoms with E-state index in [4.69, 9.17) is 19.7 Å². The van der Waals surface area contributed by atoms with Crippen LogP contribution in [0.3, 0.4) is 0 Å². The Morgan fingerprint density at radius 3 is 1.34 bits per heavy atom. The maximum Gasteiger partial charge on any atom is 0.137 e. The van der Waals surface area contributed by atoms with E-state index in [9.17, 15) is 0 Å². The third kappa shape index (κ3) is 5.13. The van der Waals surface area contributed by atoms with E-state index in [1.807, 2.05) is 30.7 Å². The van der Waals surface area contributed by atoms with Crippen molar-refractivity contribution < 1.29 is 4.74 Å². The molecule has 16 rings (SSSR count). The summed E-state index contributed by atoms with van der Waals surface area (Å²) in [6, 6.07) is 76.2. The predicted octanol–water partition coefficient (Wildman–Crippen LogP) is 15.3. The fourth-order valence-electron chi connectivity index (χ4n) is 12.4. The van der Waals surface area contributed by atoms with Crippen LogP contribution in [0.15, 0.2) is 231 Å². The summed E-state index contributed by atoms with van der Waals surface area (Å²) in [6.07, 6.45) is 5.75. The minimum atomic E-state index is -0.712. The van der Waals surface area contributed by atoms with Crippen LogP contribution in [0.5, 0.6) is 11.5 Å². The van der Waals surface area contributed by atoms with Crippen molar-refractivity contribution in [1.29, 1.82) is 0 Å². The zero-order chi connectivity index (χ0) is 46.4. The molecule has 0 bridgehead atoms. The second-order valence-corrected chi connectivity index (χ2v) is 18.7. The Bertz CT molecular complexity index is 4420. The number of nitrogens with zero attached hydrogens (tertiary/aromatic N) is 6. The SMILES string of the molecule is c1cnc2c(c1)C1(c3ccc(-c4ccc5c(c4)c4ccccc4n5-c4ccc(-n5c6ccccc6c6ccccc65)nc4)cc3Oc3cc(-n4c5ccccc5c5ccccc54)ccc31)c1cccnc1-2. The van der Waals surface area contributed by atoms with Crippen LogP contribution in [0.2, 0.25) is 0 Å². The highest BCUT2D eigenvalue weighted by atomic mass is 16.5. The molecule has 71 heavy (non-hydrogen) atoms. The molecule has 330 valence electrons. The van der Waals surface area contributed by atoms with Gasteiger partial charge in [-0.15, -0.1) is 0 Å². The van der Waals surface area contributed by atoms with Crippen LogP contribution < -0.4 is 4.74 Å². The Kier molecular flexibility index (Phi) is 7.69. The third-order valence-corrected chi connectivity index (χ3v) is 15.3. The molecule has 0 radical (unpaired) electrons. The maximum atomic E-state index is 7.26. The van der Waals surface area contributed by atoms with Crippen molar-refractivity contribution >= 4 is 65.4 Å². The van der Waals surface area contributed by atoms with E-state index in [0.717, 1.165) is 112 Å². The molecule has 0 amide bonds. The summed E-state index contributed by atoms with van der Waals surface area (Å²) in [4.78, 5) is 15.1. The van der Waals surface area contributed by atoms with E-state index >= 15 is 0 Å². The lowest BCUT2D eigenvalue weighted by Gasteiger charge is -2.39. The van der Waals surface area contributed by atoms with Gasteiger partial charge in [-0.05, 0) is 101 Å². The van der Waals surface area contributed by atoms with E-state index in [1.165, 1.54) is 26.9 Å². The molecule has 0 saturated carbocycles. The Morgan fingerprint density at radius 1 is 0.324 bits per heavy atom. The average Bonchev–Trinajstić information content (AvgIpc) is 4.16. The van der Waals surface area contributed by atoms with Crippen molar-refractivity contribution in [3.8, 4) is 51.2 Å². The number of ether oxygens (including phenoxy) is 1. The molecule has 1 aliphatic heterocycles. The van der Waals surface area contributed by atoms with Crippen molar-refractivity contribution in [3.05, 3.63) is 253 Å². The Hall–Kier alpha value is -9.59. The van der Waals surface area contributed by atoms with Crippen LogP contribution in [-0.4, -0.2) is 28.7 Å². The van der Waals surface area contributed by atoms with Gasteiger partial charge in [-0.1, -0.05) is 127 Å². The van der Waals surface area contributed by atoms with Crippen molar-refractivity contribution in [1.82, 2.24) is 28.7 Å². The lowest BCUT2D eigenvalue weighted by atomic mass is 9.66. The van der Waals surface area contributed by atoms with E-state index in [-0.39, 0.29) is 0 Å². The fourth-order valence-corrected chi connectivity index (χ4v) is 12.4. The summed E-state index contributed by atoms with van der Waals surface area (Å²) in [7, 11) is 0. The van der Waals surface area contributed by atoms with E-state index < -0.39 is 5.41 Å². The molecule has 8 aromatic carbocycles. The van der Waals surface area contributed by atoms with Gasteiger partial charge in [-0.25, -0.2) is 4.98 Å². The van der Waals surface area contributed by atoms with Gasteiger partial charge in [0.05, 0.1) is 61.8 Å². The van der Waals surface area contributed by atoms with E-state index in [2.05, 4.69) is 214 Å². The third-order valence-electron chi connectivity index (χ3n) is 15.3. The van der Waals surface area contributed by atoms with E-state index in [0.29, 0.717) is 0 Å². The quantitative estimate of drug-likeness (QED) is 0.176. The van der Waals surface area contributed by atoms with Crippen molar-refractivity contribution in [2.45, 2.75) is 5.41 Å². The average molecular weight is 907 g/mol. The van der Waals surface area contributed by atoms with Gasteiger partial charge in [0.2, 0.25) is 0 Å². The molecule has 7 nitrogen and oxygen atoms in total. The van der Waals surface area contributed by atoms with Crippen molar-refractivity contribution in [2.24, 2.45) is 0 Å². The summed E-state index contributed by atoms with van der Waals surface area (Å²) in [6.45, 7) is 0. The van der Waals surface area contributed by atoms with Crippen LogP contribution in [0, 0.1) is 0 Å². The first-order valence-electron chi connectivity index (χ1n) is 24.1. The normalized spacial score (nSPS) is 13.3. The number of hydrogen-bond acceptors (Lipinski definition) is 4.